The van der Waals surface area contributed by atoms with Gasteiger partial charge in [-0.15, -0.1) is 10.2 Å². The van der Waals surface area contributed by atoms with E-state index in [4.69, 9.17) is 0 Å². The van der Waals surface area contributed by atoms with Gasteiger partial charge in [0.2, 0.25) is 0 Å². The van der Waals surface area contributed by atoms with Gasteiger partial charge in [0.05, 0.1) is 0 Å². The predicted molar refractivity (Wildman–Crippen MR) is 85.6 cm³/mol. The van der Waals surface area contributed by atoms with E-state index in [1.54, 1.807) is 36.4 Å². The van der Waals surface area contributed by atoms with Gasteiger partial charge in [0.15, 0.2) is 11.5 Å². The minimum Gasteiger partial charge on any atom is -0.217 e. The highest BCUT2D eigenvalue weighted by Gasteiger charge is 2.37. The van der Waals surface area contributed by atoms with E-state index in [0.29, 0.717) is 10.5 Å². The molecule has 1 heterocycles. The lowest BCUT2D eigenvalue weighted by molar-refractivity contribution is -0.144. The summed E-state index contributed by atoms with van der Waals surface area (Å²) in [7, 11) is 0. The highest BCUT2D eigenvalue weighted by Crippen LogP contribution is 2.37. The Morgan fingerprint density at radius 2 is 1.54 bits per heavy atom. The maximum absolute atomic E-state index is 13.2. The second kappa shape index (κ2) is 6.60. The SMILES string of the molecule is Cc1ccc(Sc2nc(-c3ccccc3)nnc2C(F)(F)F)cc1. The summed E-state index contributed by atoms with van der Waals surface area (Å²) in [6, 6.07) is 16.0. The standard InChI is InChI=1S/C17H12F3N3S/c1-11-7-9-13(10-8-11)24-16-14(17(18,19)20)22-23-15(21-16)12-5-3-2-4-6-12/h2-10H,1H3. The summed E-state index contributed by atoms with van der Waals surface area (Å²) >= 11 is 0.925. The number of alkyl halides is 3. The molecule has 0 radical (unpaired) electrons. The highest BCUT2D eigenvalue weighted by atomic mass is 32.2. The molecular formula is C17H12F3N3S. The van der Waals surface area contributed by atoms with E-state index >= 15 is 0 Å². The first-order valence-corrected chi connectivity index (χ1v) is 7.87. The maximum Gasteiger partial charge on any atom is 0.437 e. The first-order chi connectivity index (χ1) is 11.4. The Morgan fingerprint density at radius 3 is 2.17 bits per heavy atom. The zero-order valence-electron chi connectivity index (χ0n) is 12.6. The van der Waals surface area contributed by atoms with Gasteiger partial charge < -0.3 is 0 Å². The van der Waals surface area contributed by atoms with Crippen LogP contribution in [-0.2, 0) is 6.18 Å². The highest BCUT2D eigenvalue weighted by molar-refractivity contribution is 7.99. The average molecular weight is 347 g/mol. The molecule has 0 amide bonds. The molecule has 3 nitrogen and oxygen atoms in total. The molecule has 24 heavy (non-hydrogen) atoms. The Bertz CT molecular complexity index is 834. The van der Waals surface area contributed by atoms with Crippen LogP contribution in [0.1, 0.15) is 11.3 Å². The fourth-order valence-electron chi connectivity index (χ4n) is 1.99. The van der Waals surface area contributed by atoms with Crippen molar-refractivity contribution in [2.24, 2.45) is 0 Å². The van der Waals surface area contributed by atoms with Crippen LogP contribution >= 0.6 is 11.8 Å². The number of aromatic nitrogens is 3. The Labute approximate surface area is 141 Å². The third-order valence-electron chi connectivity index (χ3n) is 3.19. The average Bonchev–Trinajstić information content (AvgIpc) is 2.57. The van der Waals surface area contributed by atoms with Crippen molar-refractivity contribution in [2.75, 3.05) is 0 Å². The largest absolute Gasteiger partial charge is 0.437 e. The number of rotatable bonds is 3. The fraction of sp³-hybridized carbons (Fsp3) is 0.118. The third-order valence-corrected chi connectivity index (χ3v) is 4.18. The molecule has 0 aliphatic rings. The number of halogens is 3. The Balaban J connectivity index is 2.04. The van der Waals surface area contributed by atoms with E-state index in [1.807, 2.05) is 25.1 Å². The van der Waals surface area contributed by atoms with Crippen molar-refractivity contribution in [2.45, 2.75) is 23.0 Å². The summed E-state index contributed by atoms with van der Waals surface area (Å²) in [5.74, 6) is 0.165. The van der Waals surface area contributed by atoms with Crippen LogP contribution in [0.5, 0.6) is 0 Å². The molecule has 122 valence electrons. The van der Waals surface area contributed by atoms with Gasteiger partial charge in [0.1, 0.15) is 5.03 Å². The smallest absolute Gasteiger partial charge is 0.217 e. The van der Waals surface area contributed by atoms with Gasteiger partial charge in [-0.3, -0.25) is 0 Å². The molecular weight excluding hydrogens is 335 g/mol. The van der Waals surface area contributed by atoms with E-state index in [1.165, 1.54) is 0 Å². The van der Waals surface area contributed by atoms with Gasteiger partial charge in [0, 0.05) is 10.5 Å². The quantitative estimate of drug-likeness (QED) is 0.667. The molecule has 0 fully saturated rings. The number of nitrogens with zero attached hydrogens (tertiary/aromatic N) is 3. The lowest BCUT2D eigenvalue weighted by Crippen LogP contribution is -2.13. The molecule has 0 saturated heterocycles. The number of hydrogen-bond acceptors (Lipinski definition) is 4. The van der Waals surface area contributed by atoms with Crippen LogP contribution in [0.2, 0.25) is 0 Å². The Kier molecular flexibility index (Phi) is 4.53. The molecule has 0 saturated carbocycles. The topological polar surface area (TPSA) is 38.7 Å². The monoisotopic (exact) mass is 347 g/mol. The van der Waals surface area contributed by atoms with Gasteiger partial charge in [-0.25, -0.2) is 4.98 Å². The molecule has 1 aromatic heterocycles. The van der Waals surface area contributed by atoms with Gasteiger partial charge in [-0.05, 0) is 19.1 Å². The van der Waals surface area contributed by atoms with Crippen molar-refractivity contribution in [3.63, 3.8) is 0 Å². The number of benzene rings is 2. The lowest BCUT2D eigenvalue weighted by atomic mass is 10.2. The molecule has 0 aliphatic heterocycles. The van der Waals surface area contributed by atoms with Crippen molar-refractivity contribution < 1.29 is 13.2 Å². The molecule has 0 aliphatic carbocycles. The van der Waals surface area contributed by atoms with Crippen LogP contribution in [0.3, 0.4) is 0 Å². The van der Waals surface area contributed by atoms with Crippen molar-refractivity contribution in [3.8, 4) is 11.4 Å². The van der Waals surface area contributed by atoms with Crippen LogP contribution in [0.25, 0.3) is 11.4 Å². The first-order valence-electron chi connectivity index (χ1n) is 7.05. The van der Waals surface area contributed by atoms with Gasteiger partial charge in [0.25, 0.3) is 0 Å². The summed E-state index contributed by atoms with van der Waals surface area (Å²) in [4.78, 5) is 4.75. The van der Waals surface area contributed by atoms with Crippen molar-refractivity contribution in [1.29, 1.82) is 0 Å². The van der Waals surface area contributed by atoms with Gasteiger partial charge in [-0.1, -0.05) is 59.8 Å². The molecule has 2 aromatic carbocycles. The Morgan fingerprint density at radius 1 is 0.875 bits per heavy atom. The summed E-state index contributed by atoms with van der Waals surface area (Å²) in [5, 5.41) is 6.81. The Hall–Kier alpha value is -2.41. The van der Waals surface area contributed by atoms with E-state index in [9.17, 15) is 13.2 Å². The summed E-state index contributed by atoms with van der Waals surface area (Å²) in [5.41, 5.74) is 0.568. The second-order valence-electron chi connectivity index (χ2n) is 5.07. The van der Waals surface area contributed by atoms with E-state index in [-0.39, 0.29) is 10.9 Å². The summed E-state index contributed by atoms with van der Waals surface area (Å²) in [6.45, 7) is 1.91. The minimum absolute atomic E-state index is 0.165. The number of hydrogen-bond donors (Lipinski definition) is 0. The van der Waals surface area contributed by atoms with E-state index < -0.39 is 11.9 Å². The molecule has 0 spiro atoms. The van der Waals surface area contributed by atoms with Crippen LogP contribution in [0.15, 0.2) is 64.5 Å². The molecule has 3 aromatic rings. The third kappa shape index (κ3) is 3.73. The maximum atomic E-state index is 13.2. The zero-order chi connectivity index (χ0) is 17.2. The second-order valence-corrected chi connectivity index (χ2v) is 6.13. The van der Waals surface area contributed by atoms with Crippen LogP contribution in [0.4, 0.5) is 13.2 Å². The van der Waals surface area contributed by atoms with Crippen LogP contribution < -0.4 is 0 Å². The van der Waals surface area contributed by atoms with Crippen molar-refractivity contribution in [1.82, 2.24) is 15.2 Å². The van der Waals surface area contributed by atoms with E-state index in [2.05, 4.69) is 15.2 Å². The van der Waals surface area contributed by atoms with E-state index in [0.717, 1.165) is 17.3 Å². The first kappa shape index (κ1) is 16.4. The van der Waals surface area contributed by atoms with Gasteiger partial charge in [-0.2, -0.15) is 13.2 Å². The lowest BCUT2D eigenvalue weighted by Gasteiger charge is -2.11. The minimum atomic E-state index is -4.61. The summed E-state index contributed by atoms with van der Waals surface area (Å²) < 4.78 is 39.6. The van der Waals surface area contributed by atoms with Crippen LogP contribution in [-0.4, -0.2) is 15.2 Å². The van der Waals surface area contributed by atoms with Crippen molar-refractivity contribution in [3.05, 3.63) is 65.9 Å². The molecule has 7 heteroatoms. The zero-order valence-corrected chi connectivity index (χ0v) is 13.4. The van der Waals surface area contributed by atoms with Gasteiger partial charge >= 0.3 is 6.18 Å². The van der Waals surface area contributed by atoms with Crippen LogP contribution in [0, 0.1) is 6.92 Å². The normalized spacial score (nSPS) is 11.5. The fourth-order valence-corrected chi connectivity index (χ4v) is 2.87. The molecule has 0 N–H and O–H groups in total. The molecule has 3 rings (SSSR count). The number of aryl methyl sites for hydroxylation is 1. The molecule has 0 atom stereocenters. The summed E-state index contributed by atoms with van der Waals surface area (Å²) in [6.07, 6.45) is -4.61. The molecule has 0 bridgehead atoms. The van der Waals surface area contributed by atoms with Crippen molar-refractivity contribution >= 4 is 11.8 Å². The predicted octanol–water partition coefficient (Wildman–Crippen LogP) is 5.02. The molecule has 0 unspecified atom stereocenters.